The van der Waals surface area contributed by atoms with Crippen LogP contribution in [0.3, 0.4) is 0 Å². The van der Waals surface area contributed by atoms with Crippen molar-refractivity contribution in [1.82, 2.24) is 0 Å². The zero-order valence-electron chi connectivity index (χ0n) is 20.1. The van der Waals surface area contributed by atoms with E-state index >= 15 is 0 Å². The second-order valence-electron chi connectivity index (χ2n) is 10.8. The summed E-state index contributed by atoms with van der Waals surface area (Å²) in [5.41, 5.74) is 4.84. The molecular weight excluding hydrogens is 386 g/mol. The highest BCUT2D eigenvalue weighted by Gasteiger charge is 2.28. The molecule has 0 aromatic heterocycles. The van der Waals surface area contributed by atoms with Crippen molar-refractivity contribution in [2.75, 3.05) is 12.4 Å². The van der Waals surface area contributed by atoms with Crippen LogP contribution in [0.4, 0.5) is 5.69 Å². The second-order valence-corrected chi connectivity index (χ2v) is 10.8. The van der Waals surface area contributed by atoms with Gasteiger partial charge in [0.2, 0.25) is 0 Å². The van der Waals surface area contributed by atoms with Crippen LogP contribution in [0.25, 0.3) is 0 Å². The molecule has 31 heavy (non-hydrogen) atoms. The highest BCUT2D eigenvalue weighted by atomic mass is 16.5. The van der Waals surface area contributed by atoms with E-state index in [9.17, 15) is 9.90 Å². The number of hydrogen-bond donors (Lipinski definition) is 2. The molecule has 4 nitrogen and oxygen atoms in total. The number of phenolic OH excluding ortho intramolecular Hbond substituents is 1. The zero-order valence-corrected chi connectivity index (χ0v) is 20.1. The molecule has 0 heterocycles. The average Bonchev–Trinajstić information content (AvgIpc) is 2.90. The fourth-order valence-electron chi connectivity index (χ4n) is 4.31. The predicted octanol–water partition coefficient (Wildman–Crippen LogP) is 6.52. The number of methoxy groups -OCH3 is 1. The molecule has 0 saturated heterocycles. The van der Waals surface area contributed by atoms with Gasteiger partial charge in [-0.3, -0.25) is 4.79 Å². The summed E-state index contributed by atoms with van der Waals surface area (Å²) in [6.07, 6.45) is 5.69. The largest absolute Gasteiger partial charge is 0.507 e. The lowest BCUT2D eigenvalue weighted by molar-refractivity contribution is 0.102. The van der Waals surface area contributed by atoms with Crippen LogP contribution < -0.4 is 10.1 Å². The monoisotopic (exact) mass is 423 g/mol. The summed E-state index contributed by atoms with van der Waals surface area (Å²) in [4.78, 5) is 13.3. The zero-order chi connectivity index (χ0) is 23.0. The maximum atomic E-state index is 13.3. The third-order valence-corrected chi connectivity index (χ3v) is 6.15. The smallest absolute Gasteiger partial charge is 0.255 e. The number of aryl methyl sites for hydroxylation is 2. The molecular formula is C27H37NO3. The van der Waals surface area contributed by atoms with Crippen molar-refractivity contribution in [1.29, 1.82) is 0 Å². The van der Waals surface area contributed by atoms with Gasteiger partial charge < -0.3 is 15.2 Å². The van der Waals surface area contributed by atoms with Gasteiger partial charge in [-0.25, -0.2) is 0 Å². The van der Waals surface area contributed by atoms with Crippen molar-refractivity contribution in [2.45, 2.75) is 84.5 Å². The minimum atomic E-state index is -0.290. The maximum Gasteiger partial charge on any atom is 0.255 e. The van der Waals surface area contributed by atoms with Gasteiger partial charge in [0.25, 0.3) is 5.91 Å². The number of rotatable bonds is 3. The van der Waals surface area contributed by atoms with Crippen molar-refractivity contribution in [3.05, 3.63) is 52.1 Å². The van der Waals surface area contributed by atoms with Crippen molar-refractivity contribution >= 4 is 11.6 Å². The van der Waals surface area contributed by atoms with Gasteiger partial charge in [-0.05, 0) is 71.9 Å². The molecule has 0 unspecified atom stereocenters. The number of ether oxygens (including phenoxy) is 1. The van der Waals surface area contributed by atoms with Gasteiger partial charge in [-0.15, -0.1) is 0 Å². The lowest BCUT2D eigenvalue weighted by Gasteiger charge is -2.28. The SMILES string of the molecule is COc1cc2c(cc1NC(=O)c1cc(C(C)(C)C)c(O)c(C(C)(C)C)c1)CCCCC2. The van der Waals surface area contributed by atoms with Crippen LogP contribution in [0, 0.1) is 0 Å². The maximum absolute atomic E-state index is 13.3. The van der Waals surface area contributed by atoms with Crippen molar-refractivity contribution in [3.8, 4) is 11.5 Å². The third-order valence-electron chi connectivity index (χ3n) is 6.15. The standard InChI is InChI=1S/C27H37NO3/c1-26(2,3)20-13-19(14-21(24(20)29)27(4,5)6)25(30)28-22-15-17-11-9-8-10-12-18(17)16-23(22)31-7/h13-16,29H,8-12H2,1-7H3,(H,28,30). The van der Waals surface area contributed by atoms with Crippen LogP contribution in [-0.2, 0) is 23.7 Å². The van der Waals surface area contributed by atoms with E-state index in [1.807, 2.05) is 53.7 Å². The number of nitrogens with one attached hydrogen (secondary N) is 1. The molecule has 0 atom stereocenters. The van der Waals surface area contributed by atoms with E-state index in [0.29, 0.717) is 17.0 Å². The number of benzene rings is 2. The topological polar surface area (TPSA) is 58.6 Å². The van der Waals surface area contributed by atoms with Crippen LogP contribution in [0.1, 0.15) is 93.4 Å². The van der Waals surface area contributed by atoms with E-state index in [4.69, 9.17) is 4.74 Å². The first kappa shape index (κ1) is 23.2. The Morgan fingerprint density at radius 2 is 1.39 bits per heavy atom. The van der Waals surface area contributed by atoms with E-state index in [0.717, 1.165) is 24.0 Å². The van der Waals surface area contributed by atoms with Crippen LogP contribution >= 0.6 is 0 Å². The minimum absolute atomic E-state index is 0.192. The van der Waals surface area contributed by atoms with Crippen molar-refractivity contribution in [3.63, 3.8) is 0 Å². The molecule has 2 aromatic carbocycles. The predicted molar refractivity (Wildman–Crippen MR) is 128 cm³/mol. The highest BCUT2D eigenvalue weighted by Crippen LogP contribution is 2.40. The van der Waals surface area contributed by atoms with Crippen LogP contribution in [0.2, 0.25) is 0 Å². The van der Waals surface area contributed by atoms with Gasteiger partial charge in [-0.1, -0.05) is 48.0 Å². The molecule has 0 spiro atoms. The number of amides is 1. The van der Waals surface area contributed by atoms with Gasteiger partial charge in [0.1, 0.15) is 11.5 Å². The first-order valence-electron chi connectivity index (χ1n) is 11.3. The summed E-state index contributed by atoms with van der Waals surface area (Å²) in [5.74, 6) is 0.780. The molecule has 2 aromatic rings. The minimum Gasteiger partial charge on any atom is -0.507 e. The Hall–Kier alpha value is -2.49. The molecule has 0 bridgehead atoms. The van der Waals surface area contributed by atoms with Gasteiger partial charge in [0, 0.05) is 16.7 Å². The first-order valence-corrected chi connectivity index (χ1v) is 11.3. The fourth-order valence-corrected chi connectivity index (χ4v) is 4.31. The molecule has 0 fully saturated rings. The molecule has 168 valence electrons. The van der Waals surface area contributed by atoms with Crippen molar-refractivity contribution < 1.29 is 14.6 Å². The average molecular weight is 424 g/mol. The lowest BCUT2D eigenvalue weighted by atomic mass is 9.78. The van der Waals surface area contributed by atoms with E-state index in [-0.39, 0.29) is 22.5 Å². The molecule has 0 radical (unpaired) electrons. The molecule has 2 N–H and O–H groups in total. The van der Waals surface area contributed by atoms with Gasteiger partial charge in [-0.2, -0.15) is 0 Å². The lowest BCUT2D eigenvalue weighted by Crippen LogP contribution is -2.21. The van der Waals surface area contributed by atoms with Gasteiger partial charge >= 0.3 is 0 Å². The number of anilines is 1. The van der Waals surface area contributed by atoms with E-state index in [2.05, 4.69) is 17.4 Å². The Balaban J connectivity index is 2.03. The third kappa shape index (κ3) is 5.06. The Morgan fingerprint density at radius 1 is 0.871 bits per heavy atom. The van der Waals surface area contributed by atoms with E-state index < -0.39 is 0 Å². The summed E-state index contributed by atoms with van der Waals surface area (Å²) in [7, 11) is 1.64. The number of fused-ring (bicyclic) bond motifs is 1. The number of aromatic hydroxyl groups is 1. The highest BCUT2D eigenvalue weighted by molar-refractivity contribution is 6.05. The normalized spacial score (nSPS) is 14.5. The summed E-state index contributed by atoms with van der Waals surface area (Å²) >= 11 is 0. The molecule has 0 saturated carbocycles. The molecule has 1 aliphatic carbocycles. The number of carbonyl (C=O) groups excluding carboxylic acids is 1. The summed E-state index contributed by atoms with van der Waals surface area (Å²) in [6.45, 7) is 12.3. The molecule has 1 aliphatic rings. The van der Waals surface area contributed by atoms with Crippen molar-refractivity contribution in [2.24, 2.45) is 0 Å². The first-order chi connectivity index (χ1) is 14.4. The Labute approximate surface area is 187 Å². The summed E-state index contributed by atoms with van der Waals surface area (Å²) < 4.78 is 5.61. The second kappa shape index (κ2) is 8.57. The number of carbonyl (C=O) groups is 1. The molecule has 0 aliphatic heterocycles. The number of phenols is 1. The quantitative estimate of drug-likeness (QED) is 0.553. The molecule has 1 amide bonds. The molecule has 4 heteroatoms. The van der Waals surface area contributed by atoms with Gasteiger partial charge in [0.15, 0.2) is 0 Å². The van der Waals surface area contributed by atoms with Crippen LogP contribution in [0.15, 0.2) is 24.3 Å². The van der Waals surface area contributed by atoms with E-state index in [1.54, 1.807) is 7.11 Å². The Morgan fingerprint density at radius 3 is 1.87 bits per heavy atom. The summed E-state index contributed by atoms with van der Waals surface area (Å²) in [5, 5.41) is 14.0. The fraction of sp³-hybridized carbons (Fsp3) is 0.519. The van der Waals surface area contributed by atoms with Crippen LogP contribution in [-0.4, -0.2) is 18.1 Å². The Kier molecular flexibility index (Phi) is 6.40. The summed E-state index contributed by atoms with van der Waals surface area (Å²) in [6, 6.07) is 7.78. The molecule has 3 rings (SSSR count). The van der Waals surface area contributed by atoms with Crippen LogP contribution in [0.5, 0.6) is 11.5 Å². The number of hydrogen-bond acceptors (Lipinski definition) is 3. The van der Waals surface area contributed by atoms with E-state index in [1.165, 1.54) is 30.4 Å². The Bertz CT molecular complexity index is 942. The van der Waals surface area contributed by atoms with Gasteiger partial charge in [0.05, 0.1) is 12.8 Å².